The van der Waals surface area contributed by atoms with Crippen LogP contribution >= 0.6 is 15.9 Å². The first kappa shape index (κ1) is 15.9. The Kier molecular flexibility index (Phi) is 5.64. The average Bonchev–Trinajstić information content (AvgIpc) is 2.87. The minimum Gasteiger partial charge on any atom is -0.493 e. The number of ether oxygens (including phenoxy) is 2. The van der Waals surface area contributed by atoms with Crippen molar-refractivity contribution in [2.24, 2.45) is 0 Å². The van der Waals surface area contributed by atoms with Gasteiger partial charge in [-0.1, -0.05) is 5.16 Å². The molecule has 1 N–H and O–H groups in total. The second kappa shape index (κ2) is 7.47. The smallest absolute Gasteiger partial charge is 0.175 e. The van der Waals surface area contributed by atoms with E-state index in [0.29, 0.717) is 19.7 Å². The zero-order chi connectivity index (χ0) is 15.2. The van der Waals surface area contributed by atoms with Gasteiger partial charge in [0.15, 0.2) is 11.5 Å². The van der Waals surface area contributed by atoms with E-state index in [1.165, 1.54) is 0 Å². The van der Waals surface area contributed by atoms with Gasteiger partial charge in [-0.25, -0.2) is 0 Å². The molecule has 1 aromatic carbocycles. The van der Waals surface area contributed by atoms with Crippen LogP contribution in [0.15, 0.2) is 27.2 Å². The van der Waals surface area contributed by atoms with E-state index in [4.69, 9.17) is 14.0 Å². The fraction of sp³-hybridized carbons (Fsp3) is 0.400. The van der Waals surface area contributed by atoms with Crippen molar-refractivity contribution in [3.8, 4) is 11.5 Å². The standard InChI is InChI=1S/C15H19BrN2O3/c1-4-20-15-13(16)6-11(7-14(15)19-3)8-17-9-12-5-10(2)21-18-12/h5-7,17H,4,8-9H2,1-3H3. The Hall–Kier alpha value is -1.53. The number of hydrogen-bond donors (Lipinski definition) is 1. The van der Waals surface area contributed by atoms with Gasteiger partial charge in [0.2, 0.25) is 0 Å². The number of nitrogens with one attached hydrogen (secondary N) is 1. The molecule has 0 aliphatic heterocycles. The van der Waals surface area contributed by atoms with Gasteiger partial charge in [0.1, 0.15) is 5.76 Å². The van der Waals surface area contributed by atoms with Crippen LogP contribution in [0.1, 0.15) is 23.9 Å². The first-order valence-electron chi connectivity index (χ1n) is 6.76. The van der Waals surface area contributed by atoms with Crippen LogP contribution in [0.4, 0.5) is 0 Å². The molecule has 21 heavy (non-hydrogen) atoms. The molecule has 1 heterocycles. The van der Waals surface area contributed by atoms with Gasteiger partial charge < -0.3 is 19.3 Å². The summed E-state index contributed by atoms with van der Waals surface area (Å²) >= 11 is 3.52. The molecular formula is C15H19BrN2O3. The van der Waals surface area contributed by atoms with Crippen LogP contribution in [0.3, 0.4) is 0 Å². The summed E-state index contributed by atoms with van der Waals surface area (Å²) < 4.78 is 16.9. The Balaban J connectivity index is 2.01. The Morgan fingerprint density at radius 3 is 2.71 bits per heavy atom. The SMILES string of the molecule is CCOc1c(Br)cc(CNCc2cc(C)on2)cc1OC. The lowest BCUT2D eigenvalue weighted by Gasteiger charge is -2.13. The van der Waals surface area contributed by atoms with Crippen molar-refractivity contribution in [2.45, 2.75) is 26.9 Å². The van der Waals surface area contributed by atoms with E-state index in [9.17, 15) is 0 Å². The molecule has 0 spiro atoms. The maximum absolute atomic E-state index is 5.58. The first-order valence-corrected chi connectivity index (χ1v) is 7.55. The van der Waals surface area contributed by atoms with E-state index in [2.05, 4.69) is 26.4 Å². The quantitative estimate of drug-likeness (QED) is 0.825. The Morgan fingerprint density at radius 1 is 1.29 bits per heavy atom. The normalized spacial score (nSPS) is 10.7. The number of nitrogens with zero attached hydrogens (tertiary/aromatic N) is 1. The number of aryl methyl sites for hydroxylation is 1. The molecular weight excluding hydrogens is 336 g/mol. The van der Waals surface area contributed by atoms with E-state index in [1.54, 1.807) is 7.11 Å². The fourth-order valence-corrected chi connectivity index (χ4v) is 2.60. The van der Waals surface area contributed by atoms with Crippen molar-refractivity contribution in [3.63, 3.8) is 0 Å². The molecule has 2 rings (SSSR count). The van der Waals surface area contributed by atoms with E-state index >= 15 is 0 Å². The second-order valence-electron chi connectivity index (χ2n) is 4.57. The minimum absolute atomic E-state index is 0.595. The molecule has 1 aromatic heterocycles. The molecule has 0 aliphatic carbocycles. The molecule has 0 radical (unpaired) electrons. The van der Waals surface area contributed by atoms with Gasteiger partial charge in [-0.3, -0.25) is 0 Å². The van der Waals surface area contributed by atoms with Gasteiger partial charge in [-0.15, -0.1) is 0 Å². The summed E-state index contributed by atoms with van der Waals surface area (Å²) in [6, 6.07) is 5.91. The van der Waals surface area contributed by atoms with Crippen LogP contribution in [0.25, 0.3) is 0 Å². The summed E-state index contributed by atoms with van der Waals surface area (Å²) in [6.45, 7) is 5.78. The molecule has 0 unspecified atom stereocenters. The minimum atomic E-state index is 0.595. The maximum atomic E-state index is 5.58. The zero-order valence-corrected chi connectivity index (χ0v) is 14.0. The van der Waals surface area contributed by atoms with Crippen molar-refractivity contribution in [2.75, 3.05) is 13.7 Å². The molecule has 0 fully saturated rings. The van der Waals surface area contributed by atoms with Crippen LogP contribution in [-0.2, 0) is 13.1 Å². The topological polar surface area (TPSA) is 56.5 Å². The number of halogens is 1. The fourth-order valence-electron chi connectivity index (χ4n) is 2.00. The predicted octanol–water partition coefficient (Wildman–Crippen LogP) is 3.44. The predicted molar refractivity (Wildman–Crippen MR) is 83.6 cm³/mol. The van der Waals surface area contributed by atoms with Crippen molar-refractivity contribution in [3.05, 3.63) is 39.7 Å². The van der Waals surface area contributed by atoms with Crippen LogP contribution in [0.2, 0.25) is 0 Å². The second-order valence-corrected chi connectivity index (χ2v) is 5.43. The highest BCUT2D eigenvalue weighted by Gasteiger charge is 2.11. The van der Waals surface area contributed by atoms with Crippen molar-refractivity contribution >= 4 is 15.9 Å². The molecule has 0 aliphatic rings. The summed E-state index contributed by atoms with van der Waals surface area (Å²) in [7, 11) is 1.64. The molecule has 6 heteroatoms. The number of aromatic nitrogens is 1. The molecule has 0 atom stereocenters. The van der Waals surface area contributed by atoms with Gasteiger partial charge in [-0.05, 0) is 47.5 Å². The summed E-state index contributed by atoms with van der Waals surface area (Å²) in [4.78, 5) is 0. The highest BCUT2D eigenvalue weighted by Crippen LogP contribution is 2.36. The van der Waals surface area contributed by atoms with Crippen LogP contribution in [0, 0.1) is 6.92 Å². The number of rotatable bonds is 7. The summed E-state index contributed by atoms with van der Waals surface area (Å²) in [5.41, 5.74) is 1.99. The van der Waals surface area contributed by atoms with Crippen molar-refractivity contribution in [1.29, 1.82) is 0 Å². The molecule has 5 nitrogen and oxygen atoms in total. The van der Waals surface area contributed by atoms with Gasteiger partial charge in [0.25, 0.3) is 0 Å². The van der Waals surface area contributed by atoms with Crippen LogP contribution < -0.4 is 14.8 Å². The molecule has 0 saturated heterocycles. The third kappa shape index (κ3) is 4.22. The summed E-state index contributed by atoms with van der Waals surface area (Å²) in [5, 5.41) is 7.27. The molecule has 0 saturated carbocycles. The maximum Gasteiger partial charge on any atom is 0.175 e. The average molecular weight is 355 g/mol. The van der Waals surface area contributed by atoms with Gasteiger partial charge in [0.05, 0.1) is 23.9 Å². The monoisotopic (exact) mass is 354 g/mol. The van der Waals surface area contributed by atoms with Crippen LogP contribution in [-0.4, -0.2) is 18.9 Å². The van der Waals surface area contributed by atoms with E-state index in [-0.39, 0.29) is 0 Å². The number of benzene rings is 1. The summed E-state index contributed by atoms with van der Waals surface area (Å²) in [6.07, 6.45) is 0. The third-order valence-corrected chi connectivity index (χ3v) is 3.48. The molecule has 0 bridgehead atoms. The first-order chi connectivity index (χ1) is 10.1. The lowest BCUT2D eigenvalue weighted by Crippen LogP contribution is -2.13. The Bertz CT molecular complexity index is 599. The Labute approximate surface area is 132 Å². The van der Waals surface area contributed by atoms with Gasteiger partial charge >= 0.3 is 0 Å². The number of methoxy groups -OCH3 is 1. The highest BCUT2D eigenvalue weighted by atomic mass is 79.9. The van der Waals surface area contributed by atoms with E-state index in [0.717, 1.165) is 33.0 Å². The lowest BCUT2D eigenvalue weighted by molar-refractivity contribution is 0.308. The van der Waals surface area contributed by atoms with E-state index < -0.39 is 0 Å². The van der Waals surface area contributed by atoms with Gasteiger partial charge in [0, 0.05) is 19.2 Å². The largest absolute Gasteiger partial charge is 0.493 e. The lowest BCUT2D eigenvalue weighted by atomic mass is 10.2. The van der Waals surface area contributed by atoms with Crippen molar-refractivity contribution in [1.82, 2.24) is 10.5 Å². The Morgan fingerprint density at radius 2 is 2.10 bits per heavy atom. The molecule has 114 valence electrons. The third-order valence-electron chi connectivity index (χ3n) is 2.89. The van der Waals surface area contributed by atoms with Crippen LogP contribution in [0.5, 0.6) is 11.5 Å². The van der Waals surface area contributed by atoms with E-state index in [1.807, 2.05) is 32.0 Å². The summed E-state index contributed by atoms with van der Waals surface area (Å²) in [5.74, 6) is 2.27. The highest BCUT2D eigenvalue weighted by molar-refractivity contribution is 9.10. The zero-order valence-electron chi connectivity index (χ0n) is 12.4. The van der Waals surface area contributed by atoms with Crippen molar-refractivity contribution < 1.29 is 14.0 Å². The molecule has 0 amide bonds. The number of hydrogen-bond acceptors (Lipinski definition) is 5. The van der Waals surface area contributed by atoms with Gasteiger partial charge in [-0.2, -0.15) is 0 Å². The molecule has 2 aromatic rings.